The summed E-state index contributed by atoms with van der Waals surface area (Å²) in [5.41, 5.74) is 2.59. The second-order valence-electron chi connectivity index (χ2n) is 5.48. The van der Waals surface area contributed by atoms with E-state index in [0.717, 1.165) is 5.56 Å². The van der Waals surface area contributed by atoms with Crippen LogP contribution in [0.5, 0.6) is 0 Å². The lowest BCUT2D eigenvalue weighted by molar-refractivity contribution is -0.385. The maximum Gasteiger partial charge on any atom is 0.311 e. The van der Waals surface area contributed by atoms with Gasteiger partial charge in [-0.2, -0.15) is 0 Å². The first-order valence-corrected chi connectivity index (χ1v) is 7.40. The Morgan fingerprint density at radius 3 is 2.43 bits per heavy atom. The van der Waals surface area contributed by atoms with Crippen molar-refractivity contribution in [3.63, 3.8) is 0 Å². The summed E-state index contributed by atoms with van der Waals surface area (Å²) in [6.45, 7) is 3.49. The molecule has 0 fully saturated rings. The zero-order chi connectivity index (χ0) is 17.1. The summed E-state index contributed by atoms with van der Waals surface area (Å²) in [6, 6.07) is 9.91. The molecule has 1 unspecified atom stereocenters. The van der Waals surface area contributed by atoms with E-state index in [1.165, 1.54) is 6.07 Å². The van der Waals surface area contributed by atoms with Crippen LogP contribution in [-0.4, -0.2) is 16.0 Å². The number of nitrogens with zero attached hydrogens (tertiary/aromatic N) is 1. The monoisotopic (exact) mass is 333 g/mol. The number of carbonyl (C=O) groups is 1. The maximum absolute atomic E-state index is 11.6. The van der Waals surface area contributed by atoms with Crippen LogP contribution in [0.2, 0.25) is 5.02 Å². The van der Waals surface area contributed by atoms with Crippen LogP contribution in [0, 0.1) is 24.0 Å². The van der Waals surface area contributed by atoms with Crippen LogP contribution in [0.4, 0.5) is 5.69 Å². The number of carboxylic acid groups (broad SMARTS) is 1. The van der Waals surface area contributed by atoms with Crippen LogP contribution >= 0.6 is 11.6 Å². The SMILES string of the molecule is Cc1ccc(C(Cc2ccc(C)c([N+](=O)[O-])c2)C(=O)O)cc1Cl. The molecule has 0 aromatic heterocycles. The van der Waals surface area contributed by atoms with E-state index >= 15 is 0 Å². The lowest BCUT2D eigenvalue weighted by atomic mass is 9.91. The van der Waals surface area contributed by atoms with Gasteiger partial charge in [0.1, 0.15) is 0 Å². The van der Waals surface area contributed by atoms with E-state index in [1.807, 2.05) is 6.92 Å². The van der Waals surface area contributed by atoms with Gasteiger partial charge in [0, 0.05) is 16.7 Å². The molecular weight excluding hydrogens is 318 g/mol. The van der Waals surface area contributed by atoms with Crippen LogP contribution in [0.25, 0.3) is 0 Å². The number of nitro groups is 1. The van der Waals surface area contributed by atoms with Gasteiger partial charge in [-0.05, 0) is 43.0 Å². The molecule has 120 valence electrons. The Bertz CT molecular complexity index is 773. The summed E-state index contributed by atoms with van der Waals surface area (Å²) in [6.07, 6.45) is 0.163. The topological polar surface area (TPSA) is 80.4 Å². The van der Waals surface area contributed by atoms with Crippen LogP contribution in [0.15, 0.2) is 36.4 Å². The molecule has 0 heterocycles. The van der Waals surface area contributed by atoms with Crippen LogP contribution in [-0.2, 0) is 11.2 Å². The van der Waals surface area contributed by atoms with Gasteiger partial charge in [-0.3, -0.25) is 14.9 Å². The molecule has 6 heteroatoms. The number of carboxylic acids is 1. The molecule has 2 aromatic rings. The fraction of sp³-hybridized carbons (Fsp3) is 0.235. The van der Waals surface area contributed by atoms with Crippen molar-refractivity contribution >= 4 is 23.3 Å². The molecule has 2 rings (SSSR count). The molecule has 0 saturated carbocycles. The van der Waals surface area contributed by atoms with E-state index in [2.05, 4.69) is 0 Å². The number of hydrogen-bond acceptors (Lipinski definition) is 3. The zero-order valence-corrected chi connectivity index (χ0v) is 13.5. The van der Waals surface area contributed by atoms with E-state index in [1.54, 1.807) is 37.3 Å². The quantitative estimate of drug-likeness (QED) is 0.654. The highest BCUT2D eigenvalue weighted by molar-refractivity contribution is 6.31. The van der Waals surface area contributed by atoms with Crippen molar-refractivity contribution in [2.45, 2.75) is 26.2 Å². The summed E-state index contributed by atoms with van der Waals surface area (Å²) < 4.78 is 0. The largest absolute Gasteiger partial charge is 0.481 e. The number of benzene rings is 2. The number of halogens is 1. The Kier molecular flexibility index (Phi) is 5.01. The number of aliphatic carboxylic acids is 1. The Hall–Kier alpha value is -2.40. The fourth-order valence-corrected chi connectivity index (χ4v) is 2.58. The molecule has 1 N–H and O–H groups in total. The zero-order valence-electron chi connectivity index (χ0n) is 12.7. The molecule has 1 atom stereocenters. The van der Waals surface area contributed by atoms with Gasteiger partial charge in [-0.15, -0.1) is 0 Å². The minimum atomic E-state index is -0.992. The average molecular weight is 334 g/mol. The van der Waals surface area contributed by atoms with Gasteiger partial charge < -0.3 is 5.11 Å². The van der Waals surface area contributed by atoms with Crippen LogP contribution < -0.4 is 0 Å². The predicted octanol–water partition coefficient (Wildman–Crippen LogP) is 4.28. The van der Waals surface area contributed by atoms with Gasteiger partial charge in [0.2, 0.25) is 0 Å². The standard InChI is InChI=1S/C17H16ClNO4/c1-10-4-6-13(9-15(10)18)14(17(20)21)7-12-5-3-11(2)16(8-12)19(22)23/h3-6,8-9,14H,7H2,1-2H3,(H,20,21). The Morgan fingerprint density at radius 1 is 1.22 bits per heavy atom. The summed E-state index contributed by atoms with van der Waals surface area (Å²) >= 11 is 6.07. The van der Waals surface area contributed by atoms with Gasteiger partial charge in [0.25, 0.3) is 5.69 Å². The molecule has 0 aliphatic rings. The van der Waals surface area contributed by atoms with Gasteiger partial charge >= 0.3 is 5.97 Å². The molecule has 0 saturated heterocycles. The lowest BCUT2D eigenvalue weighted by Crippen LogP contribution is -2.14. The lowest BCUT2D eigenvalue weighted by Gasteiger charge is -2.14. The van der Waals surface area contributed by atoms with Crippen LogP contribution in [0.1, 0.15) is 28.2 Å². The number of nitro benzene ring substituents is 1. The van der Waals surface area contributed by atoms with E-state index < -0.39 is 16.8 Å². The third-order valence-electron chi connectivity index (χ3n) is 3.81. The Morgan fingerprint density at radius 2 is 1.87 bits per heavy atom. The van der Waals surface area contributed by atoms with E-state index in [0.29, 0.717) is 21.7 Å². The van der Waals surface area contributed by atoms with Crippen molar-refractivity contribution in [2.24, 2.45) is 0 Å². The normalized spacial score (nSPS) is 12.0. The summed E-state index contributed by atoms with van der Waals surface area (Å²) in [4.78, 5) is 22.2. The van der Waals surface area contributed by atoms with Gasteiger partial charge in [0.05, 0.1) is 10.8 Å². The molecular formula is C17H16ClNO4. The fourth-order valence-electron chi connectivity index (χ4n) is 2.39. The molecule has 5 nitrogen and oxygen atoms in total. The maximum atomic E-state index is 11.6. The Balaban J connectivity index is 2.37. The molecule has 0 aliphatic carbocycles. The third-order valence-corrected chi connectivity index (χ3v) is 4.21. The first-order valence-electron chi connectivity index (χ1n) is 7.02. The molecule has 0 spiro atoms. The van der Waals surface area contributed by atoms with Crippen molar-refractivity contribution in [3.8, 4) is 0 Å². The second-order valence-corrected chi connectivity index (χ2v) is 5.89. The van der Waals surface area contributed by atoms with Crippen molar-refractivity contribution < 1.29 is 14.8 Å². The predicted molar refractivity (Wildman–Crippen MR) is 88.1 cm³/mol. The average Bonchev–Trinajstić information content (AvgIpc) is 2.48. The van der Waals surface area contributed by atoms with Crippen molar-refractivity contribution in [1.82, 2.24) is 0 Å². The van der Waals surface area contributed by atoms with Gasteiger partial charge in [0.15, 0.2) is 0 Å². The minimum Gasteiger partial charge on any atom is -0.481 e. The van der Waals surface area contributed by atoms with Crippen molar-refractivity contribution in [3.05, 3.63) is 73.8 Å². The van der Waals surface area contributed by atoms with Crippen LogP contribution in [0.3, 0.4) is 0 Å². The molecule has 23 heavy (non-hydrogen) atoms. The van der Waals surface area contributed by atoms with Gasteiger partial charge in [-0.1, -0.05) is 35.9 Å². The molecule has 0 radical (unpaired) electrons. The first kappa shape index (κ1) is 17.0. The highest BCUT2D eigenvalue weighted by atomic mass is 35.5. The molecule has 2 aromatic carbocycles. The van der Waals surface area contributed by atoms with Crippen molar-refractivity contribution in [1.29, 1.82) is 0 Å². The van der Waals surface area contributed by atoms with E-state index in [9.17, 15) is 20.0 Å². The molecule has 0 aliphatic heterocycles. The highest BCUT2D eigenvalue weighted by Crippen LogP contribution is 2.28. The number of rotatable bonds is 5. The first-order chi connectivity index (χ1) is 10.8. The van der Waals surface area contributed by atoms with E-state index in [4.69, 9.17) is 11.6 Å². The summed E-state index contributed by atoms with van der Waals surface area (Å²) in [5, 5.41) is 21.0. The third kappa shape index (κ3) is 3.87. The molecule has 0 amide bonds. The smallest absolute Gasteiger partial charge is 0.311 e. The highest BCUT2D eigenvalue weighted by Gasteiger charge is 2.22. The van der Waals surface area contributed by atoms with E-state index in [-0.39, 0.29) is 12.1 Å². The number of hydrogen-bond donors (Lipinski definition) is 1. The summed E-state index contributed by atoms with van der Waals surface area (Å²) in [5.74, 6) is -1.80. The Labute approximate surface area is 138 Å². The second kappa shape index (κ2) is 6.79. The van der Waals surface area contributed by atoms with Gasteiger partial charge in [-0.25, -0.2) is 0 Å². The number of aryl methyl sites for hydroxylation is 2. The molecule has 0 bridgehead atoms. The summed E-state index contributed by atoms with van der Waals surface area (Å²) in [7, 11) is 0. The minimum absolute atomic E-state index is 0.00595. The van der Waals surface area contributed by atoms with Crippen molar-refractivity contribution in [2.75, 3.05) is 0 Å².